The molecule has 3 aromatic heterocycles. The second kappa shape index (κ2) is 6.10. The Morgan fingerprint density at radius 1 is 1.28 bits per heavy atom. The zero-order valence-electron chi connectivity index (χ0n) is 13.4. The van der Waals surface area contributed by atoms with E-state index in [1.807, 2.05) is 6.92 Å². The zero-order valence-corrected chi connectivity index (χ0v) is 14.2. The SMILES string of the molecule is CCn1cc(-c2cc(C(F)(F)F)c3c(=O)[nH]c(=S)n(CC)c3n2)cn1. The van der Waals surface area contributed by atoms with E-state index in [1.54, 1.807) is 17.8 Å². The van der Waals surface area contributed by atoms with Crippen molar-refractivity contribution >= 4 is 23.3 Å². The lowest BCUT2D eigenvalue weighted by Crippen LogP contribution is -2.20. The fourth-order valence-corrected chi connectivity index (χ4v) is 2.92. The molecule has 0 spiro atoms. The molecule has 3 aromatic rings. The van der Waals surface area contributed by atoms with Crippen molar-refractivity contribution in [3.63, 3.8) is 0 Å². The van der Waals surface area contributed by atoms with Crippen LogP contribution in [0.15, 0.2) is 23.3 Å². The number of aryl methyl sites for hydroxylation is 2. The van der Waals surface area contributed by atoms with Gasteiger partial charge >= 0.3 is 6.18 Å². The summed E-state index contributed by atoms with van der Waals surface area (Å²) in [5, 5.41) is 3.54. The minimum absolute atomic E-state index is 0.0297. The molecule has 3 rings (SSSR count). The third-order valence-electron chi connectivity index (χ3n) is 3.82. The number of fused-ring (bicyclic) bond motifs is 1. The van der Waals surface area contributed by atoms with Gasteiger partial charge in [-0.15, -0.1) is 0 Å². The van der Waals surface area contributed by atoms with Gasteiger partial charge in [-0.05, 0) is 32.1 Å². The number of hydrogen-bond donors (Lipinski definition) is 1. The molecule has 3 heterocycles. The van der Waals surface area contributed by atoms with Crippen molar-refractivity contribution in [3.05, 3.63) is 39.1 Å². The summed E-state index contributed by atoms with van der Waals surface area (Å²) < 4.78 is 43.7. The van der Waals surface area contributed by atoms with Gasteiger partial charge in [-0.2, -0.15) is 18.3 Å². The predicted molar refractivity (Wildman–Crippen MR) is 88.8 cm³/mol. The Balaban J connectivity index is 2.46. The molecule has 6 nitrogen and oxygen atoms in total. The minimum atomic E-state index is -4.71. The molecule has 1 N–H and O–H groups in total. The van der Waals surface area contributed by atoms with Crippen LogP contribution in [0.1, 0.15) is 19.4 Å². The molecule has 0 aliphatic rings. The van der Waals surface area contributed by atoms with Crippen LogP contribution in [-0.2, 0) is 19.3 Å². The molecular formula is C15H14F3N5OS. The van der Waals surface area contributed by atoms with Crippen molar-refractivity contribution in [2.45, 2.75) is 33.1 Å². The van der Waals surface area contributed by atoms with E-state index in [-0.39, 0.29) is 22.7 Å². The topological polar surface area (TPSA) is 68.5 Å². The number of pyridine rings is 1. The summed E-state index contributed by atoms with van der Waals surface area (Å²) in [6.45, 7) is 4.42. The molecule has 0 bridgehead atoms. The maximum atomic E-state index is 13.6. The van der Waals surface area contributed by atoms with Gasteiger partial charge in [0.1, 0.15) is 5.65 Å². The molecule has 25 heavy (non-hydrogen) atoms. The molecular weight excluding hydrogens is 355 g/mol. The summed E-state index contributed by atoms with van der Waals surface area (Å²) in [7, 11) is 0. The van der Waals surface area contributed by atoms with Crippen molar-refractivity contribution in [3.8, 4) is 11.3 Å². The van der Waals surface area contributed by atoms with E-state index in [2.05, 4.69) is 15.1 Å². The molecule has 0 amide bonds. The highest BCUT2D eigenvalue weighted by atomic mass is 32.1. The van der Waals surface area contributed by atoms with Crippen molar-refractivity contribution in [1.82, 2.24) is 24.3 Å². The van der Waals surface area contributed by atoms with Gasteiger partial charge in [0.15, 0.2) is 4.77 Å². The van der Waals surface area contributed by atoms with Gasteiger partial charge in [-0.1, -0.05) is 0 Å². The van der Waals surface area contributed by atoms with Gasteiger partial charge in [-0.25, -0.2) is 4.98 Å². The lowest BCUT2D eigenvalue weighted by atomic mass is 10.1. The molecule has 0 aliphatic carbocycles. The maximum Gasteiger partial charge on any atom is 0.417 e. The van der Waals surface area contributed by atoms with E-state index >= 15 is 0 Å². The Kier molecular flexibility index (Phi) is 4.23. The molecule has 0 atom stereocenters. The summed E-state index contributed by atoms with van der Waals surface area (Å²) in [5.74, 6) is 0. The average Bonchev–Trinajstić information content (AvgIpc) is 3.02. The Morgan fingerprint density at radius 2 is 2.00 bits per heavy atom. The van der Waals surface area contributed by atoms with Gasteiger partial charge in [0.2, 0.25) is 0 Å². The van der Waals surface area contributed by atoms with Crippen molar-refractivity contribution < 1.29 is 13.2 Å². The first-order valence-corrected chi connectivity index (χ1v) is 7.95. The van der Waals surface area contributed by atoms with Crippen LogP contribution in [-0.4, -0.2) is 24.3 Å². The molecule has 10 heteroatoms. The van der Waals surface area contributed by atoms with Crippen LogP contribution >= 0.6 is 12.2 Å². The maximum absolute atomic E-state index is 13.6. The molecule has 0 aromatic carbocycles. The Labute approximate surface area is 144 Å². The van der Waals surface area contributed by atoms with E-state index in [4.69, 9.17) is 12.2 Å². The van der Waals surface area contributed by atoms with Gasteiger partial charge in [0.05, 0.1) is 22.8 Å². The number of alkyl halides is 3. The number of nitrogens with zero attached hydrogens (tertiary/aromatic N) is 4. The molecule has 0 fully saturated rings. The van der Waals surface area contributed by atoms with Gasteiger partial charge < -0.3 is 4.57 Å². The fraction of sp³-hybridized carbons (Fsp3) is 0.333. The first-order chi connectivity index (χ1) is 11.8. The molecule has 0 aliphatic heterocycles. The van der Waals surface area contributed by atoms with Crippen LogP contribution in [0.4, 0.5) is 13.2 Å². The first-order valence-electron chi connectivity index (χ1n) is 7.54. The summed E-state index contributed by atoms with van der Waals surface area (Å²) in [4.78, 5) is 18.7. The van der Waals surface area contributed by atoms with E-state index in [0.717, 1.165) is 6.07 Å². The number of hydrogen-bond acceptors (Lipinski definition) is 4. The first kappa shape index (κ1) is 17.3. The monoisotopic (exact) mass is 369 g/mol. The quantitative estimate of drug-likeness (QED) is 0.719. The summed E-state index contributed by atoms with van der Waals surface area (Å²) >= 11 is 5.06. The highest BCUT2D eigenvalue weighted by Crippen LogP contribution is 2.35. The Hall–Kier alpha value is -2.49. The highest BCUT2D eigenvalue weighted by molar-refractivity contribution is 7.71. The third-order valence-corrected chi connectivity index (χ3v) is 4.15. The van der Waals surface area contributed by atoms with Gasteiger partial charge in [0, 0.05) is 24.8 Å². The number of H-pyrrole nitrogens is 1. The zero-order chi connectivity index (χ0) is 18.4. The lowest BCUT2D eigenvalue weighted by molar-refractivity contribution is -0.136. The Morgan fingerprint density at radius 3 is 2.56 bits per heavy atom. The van der Waals surface area contributed by atoms with Crippen LogP contribution in [0.2, 0.25) is 0 Å². The van der Waals surface area contributed by atoms with Crippen LogP contribution in [0.25, 0.3) is 22.3 Å². The number of aromatic nitrogens is 5. The third kappa shape index (κ3) is 2.97. The number of nitrogens with one attached hydrogen (secondary N) is 1. The molecule has 0 radical (unpaired) electrons. The fourth-order valence-electron chi connectivity index (χ4n) is 2.61. The average molecular weight is 369 g/mol. The number of aromatic amines is 1. The molecule has 0 saturated carbocycles. The molecule has 0 unspecified atom stereocenters. The van der Waals surface area contributed by atoms with Crippen molar-refractivity contribution in [2.75, 3.05) is 0 Å². The predicted octanol–water partition coefficient (Wildman–Crippen LogP) is 3.38. The van der Waals surface area contributed by atoms with Crippen molar-refractivity contribution in [2.24, 2.45) is 0 Å². The normalized spacial score (nSPS) is 12.0. The molecule has 132 valence electrons. The van der Waals surface area contributed by atoms with E-state index in [9.17, 15) is 18.0 Å². The molecule has 0 saturated heterocycles. The van der Waals surface area contributed by atoms with Crippen molar-refractivity contribution in [1.29, 1.82) is 0 Å². The van der Waals surface area contributed by atoms with Crippen LogP contribution in [0, 0.1) is 4.77 Å². The highest BCUT2D eigenvalue weighted by Gasteiger charge is 2.35. The second-order valence-corrected chi connectivity index (χ2v) is 5.73. The second-order valence-electron chi connectivity index (χ2n) is 5.34. The van der Waals surface area contributed by atoms with E-state index < -0.39 is 22.7 Å². The number of rotatable bonds is 3. The van der Waals surface area contributed by atoms with E-state index in [0.29, 0.717) is 12.1 Å². The van der Waals surface area contributed by atoms with E-state index in [1.165, 1.54) is 10.8 Å². The summed E-state index contributed by atoms with van der Waals surface area (Å²) in [6, 6.07) is 0.873. The number of halogens is 3. The minimum Gasteiger partial charge on any atom is -0.303 e. The van der Waals surface area contributed by atoms with Crippen LogP contribution in [0.3, 0.4) is 0 Å². The van der Waals surface area contributed by atoms with Crippen LogP contribution in [0.5, 0.6) is 0 Å². The Bertz CT molecular complexity index is 1060. The lowest BCUT2D eigenvalue weighted by Gasteiger charge is -2.14. The summed E-state index contributed by atoms with van der Waals surface area (Å²) in [6.07, 6.45) is -1.67. The van der Waals surface area contributed by atoms with Gasteiger partial charge in [0.25, 0.3) is 5.56 Å². The van der Waals surface area contributed by atoms with Gasteiger partial charge in [-0.3, -0.25) is 14.5 Å². The smallest absolute Gasteiger partial charge is 0.303 e. The summed E-state index contributed by atoms with van der Waals surface area (Å²) in [5.41, 5.74) is -1.52. The largest absolute Gasteiger partial charge is 0.417 e. The van der Waals surface area contributed by atoms with Crippen LogP contribution < -0.4 is 5.56 Å². The standard InChI is InChI=1S/C15H14F3N5OS/c1-3-22-7-8(6-19-22)10-5-9(15(16,17)18)11-12(20-10)23(4-2)14(25)21-13(11)24/h5-7H,3-4H2,1-2H3,(H,21,24,25).